The second kappa shape index (κ2) is 6.63. The van der Waals surface area contributed by atoms with Gasteiger partial charge in [-0.15, -0.1) is 0 Å². The van der Waals surface area contributed by atoms with Crippen LogP contribution < -0.4 is 10.6 Å². The van der Waals surface area contributed by atoms with Gasteiger partial charge in [-0.25, -0.2) is 4.79 Å². The zero-order chi connectivity index (χ0) is 15.3. The molecule has 0 heterocycles. The molecular weight excluding hydrogens is 265 g/mol. The summed E-state index contributed by atoms with van der Waals surface area (Å²) in [6.45, 7) is 4.19. The number of carbonyl (C=O) groups excluding carboxylic acids is 1. The van der Waals surface area contributed by atoms with Crippen LogP contribution in [-0.4, -0.2) is 35.9 Å². The molecule has 1 atom stereocenters. The van der Waals surface area contributed by atoms with Crippen LogP contribution >= 0.6 is 0 Å². The quantitative estimate of drug-likeness (QED) is 0.723. The molecule has 0 aromatic heterocycles. The van der Waals surface area contributed by atoms with Crippen LogP contribution in [0.1, 0.15) is 33.6 Å². The Labute approximate surface area is 109 Å². The van der Waals surface area contributed by atoms with E-state index in [2.05, 4.69) is 0 Å². The van der Waals surface area contributed by atoms with Gasteiger partial charge in [-0.05, 0) is 18.3 Å². The Balaban J connectivity index is 4.48. The van der Waals surface area contributed by atoms with Crippen LogP contribution in [0.5, 0.6) is 0 Å². The van der Waals surface area contributed by atoms with Gasteiger partial charge in [0.15, 0.2) is 0 Å². The maximum atomic E-state index is 12.0. The monoisotopic (exact) mass is 284 g/mol. The van der Waals surface area contributed by atoms with Crippen molar-refractivity contribution in [1.29, 1.82) is 0 Å². The molecule has 0 bridgehead atoms. The van der Waals surface area contributed by atoms with Gasteiger partial charge >= 0.3 is 12.3 Å². The smallest absolute Gasteiger partial charge is 0.405 e. The molecule has 19 heavy (non-hydrogen) atoms. The molecule has 0 aliphatic rings. The van der Waals surface area contributed by atoms with Crippen LogP contribution in [0.4, 0.5) is 18.0 Å². The Bertz CT molecular complexity index is 324. The van der Waals surface area contributed by atoms with Gasteiger partial charge in [0, 0.05) is 0 Å². The zero-order valence-electron chi connectivity index (χ0n) is 11.1. The standard InChI is InChI=1S/C11H19F3N2O3/c1-10(2,3)5-4-7(16-9(18)19)8(17)15-6-11(12,13)14/h7,16H,4-6H2,1-3H3,(H,15,17)(H,18,19)/t7-/m0/s1. The van der Waals surface area contributed by atoms with Gasteiger partial charge in [-0.2, -0.15) is 13.2 Å². The van der Waals surface area contributed by atoms with Crippen molar-refractivity contribution in [2.24, 2.45) is 5.41 Å². The molecule has 0 aliphatic carbocycles. The molecule has 8 heteroatoms. The van der Waals surface area contributed by atoms with E-state index in [-0.39, 0.29) is 11.8 Å². The summed E-state index contributed by atoms with van der Waals surface area (Å²) in [5.74, 6) is -0.969. The van der Waals surface area contributed by atoms with E-state index in [9.17, 15) is 22.8 Å². The second-order valence-electron chi connectivity index (χ2n) is 5.43. The summed E-state index contributed by atoms with van der Waals surface area (Å²) in [5.41, 5.74) is -0.150. The van der Waals surface area contributed by atoms with Gasteiger partial charge in [0.1, 0.15) is 12.6 Å². The number of hydrogen-bond donors (Lipinski definition) is 3. The molecule has 5 nitrogen and oxygen atoms in total. The zero-order valence-corrected chi connectivity index (χ0v) is 11.1. The maximum absolute atomic E-state index is 12.0. The van der Waals surface area contributed by atoms with Crippen LogP contribution in [0.3, 0.4) is 0 Å². The number of hydrogen-bond acceptors (Lipinski definition) is 2. The molecule has 0 rings (SSSR count). The third-order valence-corrected chi connectivity index (χ3v) is 2.26. The third-order valence-electron chi connectivity index (χ3n) is 2.26. The van der Waals surface area contributed by atoms with E-state index in [1.807, 2.05) is 26.1 Å². The van der Waals surface area contributed by atoms with E-state index in [1.54, 1.807) is 5.32 Å². The van der Waals surface area contributed by atoms with Crippen molar-refractivity contribution < 1.29 is 27.9 Å². The highest BCUT2D eigenvalue weighted by atomic mass is 19.4. The molecule has 0 spiro atoms. The second-order valence-corrected chi connectivity index (χ2v) is 5.43. The number of carboxylic acid groups (broad SMARTS) is 1. The molecule has 0 radical (unpaired) electrons. The molecule has 0 aliphatic heterocycles. The van der Waals surface area contributed by atoms with Crippen LogP contribution in [0, 0.1) is 5.41 Å². The summed E-state index contributed by atoms with van der Waals surface area (Å²) < 4.78 is 35.9. The van der Waals surface area contributed by atoms with Crippen molar-refractivity contribution in [2.75, 3.05) is 6.54 Å². The summed E-state index contributed by atoms with van der Waals surface area (Å²) in [6.07, 6.45) is -5.33. The average molecular weight is 284 g/mol. The highest BCUT2D eigenvalue weighted by molar-refractivity contribution is 5.85. The van der Waals surface area contributed by atoms with Crippen LogP contribution in [0.15, 0.2) is 0 Å². The van der Waals surface area contributed by atoms with Gasteiger partial charge in [0.25, 0.3) is 0 Å². The van der Waals surface area contributed by atoms with E-state index < -0.39 is 30.8 Å². The minimum absolute atomic E-state index is 0.138. The van der Waals surface area contributed by atoms with E-state index in [0.717, 1.165) is 0 Å². The average Bonchev–Trinajstić information content (AvgIpc) is 2.18. The number of amides is 2. The van der Waals surface area contributed by atoms with E-state index in [4.69, 9.17) is 5.11 Å². The first-order valence-electron chi connectivity index (χ1n) is 5.75. The topological polar surface area (TPSA) is 78.4 Å². The maximum Gasteiger partial charge on any atom is 0.405 e. The Hall–Kier alpha value is -1.47. The van der Waals surface area contributed by atoms with Crippen LogP contribution in [0.2, 0.25) is 0 Å². The molecule has 2 amide bonds. The first-order valence-corrected chi connectivity index (χ1v) is 5.75. The van der Waals surface area contributed by atoms with E-state index >= 15 is 0 Å². The molecule has 0 aromatic carbocycles. The molecule has 0 saturated carbocycles. The number of halogens is 3. The summed E-state index contributed by atoms with van der Waals surface area (Å²) in [7, 11) is 0. The lowest BCUT2D eigenvalue weighted by molar-refractivity contribution is -0.139. The first kappa shape index (κ1) is 17.5. The largest absolute Gasteiger partial charge is 0.465 e. The summed E-state index contributed by atoms with van der Waals surface area (Å²) in [5, 5.41) is 12.2. The molecule has 0 fully saturated rings. The Morgan fingerprint density at radius 2 is 1.74 bits per heavy atom. The molecule has 0 unspecified atom stereocenters. The van der Waals surface area contributed by atoms with Gasteiger partial charge in [0.05, 0.1) is 0 Å². The molecule has 0 saturated heterocycles. The lowest BCUT2D eigenvalue weighted by atomic mass is 9.88. The number of carbonyl (C=O) groups is 2. The normalized spacial score (nSPS) is 13.8. The molecule has 112 valence electrons. The first-order chi connectivity index (χ1) is 8.41. The number of nitrogens with one attached hydrogen (secondary N) is 2. The SMILES string of the molecule is CC(C)(C)CC[C@H](NC(=O)O)C(=O)NCC(F)(F)F. The molecular formula is C11H19F3N2O3. The van der Waals surface area contributed by atoms with E-state index in [1.165, 1.54) is 0 Å². The predicted molar refractivity (Wildman–Crippen MR) is 62.7 cm³/mol. The highest BCUT2D eigenvalue weighted by Gasteiger charge is 2.30. The Morgan fingerprint density at radius 3 is 2.11 bits per heavy atom. The van der Waals surface area contributed by atoms with Crippen molar-refractivity contribution in [3.05, 3.63) is 0 Å². The number of rotatable bonds is 5. The van der Waals surface area contributed by atoms with Crippen LogP contribution in [0.25, 0.3) is 0 Å². The van der Waals surface area contributed by atoms with Crippen molar-refractivity contribution in [3.63, 3.8) is 0 Å². The predicted octanol–water partition coefficient (Wildman–Crippen LogP) is 2.13. The highest BCUT2D eigenvalue weighted by Crippen LogP contribution is 2.21. The minimum atomic E-state index is -4.52. The number of alkyl halides is 3. The Kier molecular flexibility index (Phi) is 6.11. The van der Waals surface area contributed by atoms with Crippen LogP contribution in [-0.2, 0) is 4.79 Å². The minimum Gasteiger partial charge on any atom is -0.465 e. The summed E-state index contributed by atoms with van der Waals surface area (Å²) in [4.78, 5) is 22.0. The van der Waals surface area contributed by atoms with Crippen molar-refractivity contribution in [3.8, 4) is 0 Å². The van der Waals surface area contributed by atoms with Gasteiger partial charge in [0.2, 0.25) is 5.91 Å². The third kappa shape index (κ3) is 10.2. The van der Waals surface area contributed by atoms with E-state index in [0.29, 0.717) is 6.42 Å². The fraction of sp³-hybridized carbons (Fsp3) is 0.818. The fourth-order valence-electron chi connectivity index (χ4n) is 1.31. The summed E-state index contributed by atoms with van der Waals surface area (Å²) >= 11 is 0. The van der Waals surface area contributed by atoms with Gasteiger partial charge in [-0.3, -0.25) is 4.79 Å². The van der Waals surface area contributed by atoms with Gasteiger partial charge in [-0.1, -0.05) is 20.8 Å². The Morgan fingerprint density at radius 1 is 1.21 bits per heavy atom. The van der Waals surface area contributed by atoms with Crippen molar-refractivity contribution in [2.45, 2.75) is 45.8 Å². The van der Waals surface area contributed by atoms with Crippen molar-refractivity contribution >= 4 is 12.0 Å². The lowest BCUT2D eigenvalue weighted by Crippen LogP contribution is -2.48. The summed E-state index contributed by atoms with van der Waals surface area (Å²) in [6, 6.07) is -1.18. The van der Waals surface area contributed by atoms with Crippen molar-refractivity contribution in [1.82, 2.24) is 10.6 Å². The van der Waals surface area contributed by atoms with Gasteiger partial charge < -0.3 is 15.7 Å². The lowest BCUT2D eigenvalue weighted by Gasteiger charge is -2.22. The fourth-order valence-corrected chi connectivity index (χ4v) is 1.31. The molecule has 3 N–H and O–H groups in total. The molecule has 0 aromatic rings.